The van der Waals surface area contributed by atoms with Gasteiger partial charge in [0.05, 0.1) is 10.6 Å². The maximum absolute atomic E-state index is 12.6. The summed E-state index contributed by atoms with van der Waals surface area (Å²) < 4.78 is 33.0. The zero-order valence-corrected chi connectivity index (χ0v) is 13.1. The molecular weight excluding hydrogens is 300 g/mol. The first-order chi connectivity index (χ1) is 10.5. The van der Waals surface area contributed by atoms with Gasteiger partial charge in [0.25, 0.3) is 10.0 Å². The van der Waals surface area contributed by atoms with Crippen molar-refractivity contribution in [1.29, 1.82) is 0 Å². The Morgan fingerprint density at radius 1 is 1.14 bits per heavy atom. The van der Waals surface area contributed by atoms with Crippen molar-refractivity contribution < 1.29 is 12.8 Å². The fourth-order valence-corrected chi connectivity index (χ4v) is 3.40. The van der Waals surface area contributed by atoms with Crippen LogP contribution in [-0.2, 0) is 10.0 Å². The fourth-order valence-electron chi connectivity index (χ4n) is 2.30. The van der Waals surface area contributed by atoms with Crippen LogP contribution in [-0.4, -0.2) is 13.4 Å². The molecule has 6 heteroatoms. The number of oxazole rings is 1. The number of anilines is 1. The molecule has 114 valence electrons. The van der Waals surface area contributed by atoms with Crippen LogP contribution in [0.2, 0.25) is 0 Å². The summed E-state index contributed by atoms with van der Waals surface area (Å²) in [6.45, 7) is 4.04. The standard InChI is InChI=1S/C16H16N2O3S/c1-11(2)13-5-3-4-6-14(13)18-22(19,20)12-7-8-15-16(9-12)21-10-17-15/h3-11,18H,1-2H3. The molecule has 0 amide bonds. The lowest BCUT2D eigenvalue weighted by Crippen LogP contribution is -2.14. The van der Waals surface area contributed by atoms with Gasteiger partial charge in [0.15, 0.2) is 12.0 Å². The number of nitrogens with one attached hydrogen (secondary N) is 1. The van der Waals surface area contributed by atoms with Crippen LogP contribution in [0.3, 0.4) is 0 Å². The van der Waals surface area contributed by atoms with Crippen LogP contribution in [0.15, 0.2) is 58.2 Å². The second-order valence-electron chi connectivity index (χ2n) is 5.33. The number of rotatable bonds is 4. The summed E-state index contributed by atoms with van der Waals surface area (Å²) in [6, 6.07) is 12.0. The van der Waals surface area contributed by atoms with Gasteiger partial charge >= 0.3 is 0 Å². The monoisotopic (exact) mass is 316 g/mol. The Hall–Kier alpha value is -2.34. The number of hydrogen-bond donors (Lipinski definition) is 1. The zero-order valence-electron chi connectivity index (χ0n) is 12.3. The number of hydrogen-bond acceptors (Lipinski definition) is 4. The lowest BCUT2D eigenvalue weighted by atomic mass is 10.0. The number of benzene rings is 2. The number of fused-ring (bicyclic) bond motifs is 1. The molecule has 22 heavy (non-hydrogen) atoms. The molecule has 3 aromatic rings. The van der Waals surface area contributed by atoms with Crippen molar-refractivity contribution in [3.63, 3.8) is 0 Å². The summed E-state index contributed by atoms with van der Waals surface area (Å²) >= 11 is 0. The average Bonchev–Trinajstić information content (AvgIpc) is 2.94. The number of sulfonamides is 1. The first-order valence-electron chi connectivity index (χ1n) is 6.92. The third-order valence-electron chi connectivity index (χ3n) is 3.44. The molecule has 3 rings (SSSR count). The molecule has 0 radical (unpaired) electrons. The predicted molar refractivity (Wildman–Crippen MR) is 85.3 cm³/mol. The first-order valence-corrected chi connectivity index (χ1v) is 8.41. The van der Waals surface area contributed by atoms with E-state index in [-0.39, 0.29) is 10.8 Å². The van der Waals surface area contributed by atoms with Crippen molar-refractivity contribution in [2.45, 2.75) is 24.7 Å². The summed E-state index contributed by atoms with van der Waals surface area (Å²) in [5.41, 5.74) is 2.61. The molecule has 1 aromatic heterocycles. The smallest absolute Gasteiger partial charge is 0.262 e. The van der Waals surface area contributed by atoms with E-state index in [1.54, 1.807) is 12.1 Å². The maximum atomic E-state index is 12.6. The van der Waals surface area contributed by atoms with Crippen molar-refractivity contribution in [1.82, 2.24) is 4.98 Å². The summed E-state index contributed by atoms with van der Waals surface area (Å²) in [4.78, 5) is 4.13. The van der Waals surface area contributed by atoms with Crippen molar-refractivity contribution in [2.75, 3.05) is 4.72 Å². The fraction of sp³-hybridized carbons (Fsp3) is 0.188. The molecule has 0 aliphatic heterocycles. The normalized spacial score (nSPS) is 12.0. The van der Waals surface area contributed by atoms with E-state index >= 15 is 0 Å². The van der Waals surface area contributed by atoms with Gasteiger partial charge in [0, 0.05) is 6.07 Å². The van der Waals surface area contributed by atoms with Crippen molar-refractivity contribution in [3.05, 3.63) is 54.4 Å². The number of nitrogens with zero attached hydrogens (tertiary/aromatic N) is 1. The zero-order chi connectivity index (χ0) is 15.7. The van der Waals surface area contributed by atoms with Gasteiger partial charge in [-0.15, -0.1) is 0 Å². The summed E-state index contributed by atoms with van der Waals surface area (Å²) in [5, 5.41) is 0. The average molecular weight is 316 g/mol. The van der Waals surface area contributed by atoms with Crippen molar-refractivity contribution >= 4 is 26.8 Å². The molecule has 0 aliphatic carbocycles. The minimum Gasteiger partial charge on any atom is -0.443 e. The van der Waals surface area contributed by atoms with E-state index < -0.39 is 10.0 Å². The van der Waals surface area contributed by atoms with Gasteiger partial charge in [-0.3, -0.25) is 4.72 Å². The minimum absolute atomic E-state index is 0.148. The van der Waals surface area contributed by atoms with Crippen LogP contribution < -0.4 is 4.72 Å². The Labute approximate surface area is 129 Å². The lowest BCUT2D eigenvalue weighted by Gasteiger charge is -2.14. The van der Waals surface area contributed by atoms with Crippen molar-refractivity contribution in [2.24, 2.45) is 0 Å². The quantitative estimate of drug-likeness (QED) is 0.795. The molecule has 1 heterocycles. The van der Waals surface area contributed by atoms with E-state index in [2.05, 4.69) is 9.71 Å². The molecule has 0 fully saturated rings. The van der Waals surface area contributed by atoms with Gasteiger partial charge in [-0.25, -0.2) is 13.4 Å². The van der Waals surface area contributed by atoms with Gasteiger partial charge in [-0.1, -0.05) is 32.0 Å². The Kier molecular flexibility index (Phi) is 3.62. The van der Waals surface area contributed by atoms with Crippen LogP contribution in [0.5, 0.6) is 0 Å². The summed E-state index contributed by atoms with van der Waals surface area (Å²) in [5.74, 6) is 0.218. The Morgan fingerprint density at radius 3 is 2.68 bits per heavy atom. The maximum Gasteiger partial charge on any atom is 0.262 e. The van der Waals surface area contributed by atoms with E-state index in [1.807, 2.05) is 32.0 Å². The first kappa shape index (κ1) is 14.6. The third-order valence-corrected chi connectivity index (χ3v) is 4.80. The van der Waals surface area contributed by atoms with E-state index in [1.165, 1.54) is 18.5 Å². The molecule has 0 atom stereocenters. The summed E-state index contributed by atoms with van der Waals surface area (Å²) in [6.07, 6.45) is 1.29. The van der Waals surface area contributed by atoms with Gasteiger partial charge in [0.2, 0.25) is 0 Å². The minimum atomic E-state index is -3.68. The van der Waals surface area contributed by atoms with Gasteiger partial charge in [0.1, 0.15) is 5.52 Å². The summed E-state index contributed by atoms with van der Waals surface area (Å²) in [7, 11) is -3.68. The van der Waals surface area contributed by atoms with Gasteiger partial charge in [-0.2, -0.15) is 0 Å². The highest BCUT2D eigenvalue weighted by atomic mass is 32.2. The molecule has 2 aromatic carbocycles. The van der Waals surface area contributed by atoms with Crippen LogP contribution in [0.25, 0.3) is 11.1 Å². The van der Waals surface area contributed by atoms with Crippen molar-refractivity contribution in [3.8, 4) is 0 Å². The Morgan fingerprint density at radius 2 is 1.91 bits per heavy atom. The van der Waals surface area contributed by atoms with Gasteiger partial charge < -0.3 is 4.42 Å². The molecule has 0 bridgehead atoms. The molecule has 5 nitrogen and oxygen atoms in total. The number of aromatic nitrogens is 1. The molecule has 0 spiro atoms. The molecule has 0 aliphatic rings. The van der Waals surface area contributed by atoms with Crippen LogP contribution in [0.4, 0.5) is 5.69 Å². The predicted octanol–water partition coefficient (Wildman–Crippen LogP) is 3.75. The van der Waals surface area contributed by atoms with Crippen LogP contribution in [0, 0.1) is 0 Å². The molecule has 0 saturated heterocycles. The number of para-hydroxylation sites is 1. The largest absolute Gasteiger partial charge is 0.443 e. The van der Waals surface area contributed by atoms with E-state index in [4.69, 9.17) is 4.42 Å². The molecule has 0 saturated carbocycles. The molecule has 0 unspecified atom stereocenters. The molecule has 1 N–H and O–H groups in total. The third kappa shape index (κ3) is 2.69. The van der Waals surface area contributed by atoms with E-state index in [0.717, 1.165) is 5.56 Å². The van der Waals surface area contributed by atoms with E-state index in [9.17, 15) is 8.42 Å². The van der Waals surface area contributed by atoms with E-state index in [0.29, 0.717) is 16.8 Å². The second-order valence-corrected chi connectivity index (χ2v) is 7.01. The lowest BCUT2D eigenvalue weighted by molar-refractivity contribution is 0.594. The second kappa shape index (κ2) is 5.46. The van der Waals surface area contributed by atoms with Crippen LogP contribution in [0.1, 0.15) is 25.3 Å². The Bertz CT molecular complexity index is 914. The topological polar surface area (TPSA) is 72.2 Å². The Balaban J connectivity index is 2.00. The highest BCUT2D eigenvalue weighted by molar-refractivity contribution is 7.92. The van der Waals surface area contributed by atoms with Gasteiger partial charge in [-0.05, 0) is 29.7 Å². The van der Waals surface area contributed by atoms with Crippen LogP contribution >= 0.6 is 0 Å². The highest BCUT2D eigenvalue weighted by Crippen LogP contribution is 2.27. The highest BCUT2D eigenvalue weighted by Gasteiger charge is 2.18. The SMILES string of the molecule is CC(C)c1ccccc1NS(=O)(=O)c1ccc2ncoc2c1. The molecular formula is C16H16N2O3S.